The van der Waals surface area contributed by atoms with Gasteiger partial charge in [-0.1, -0.05) is 17.7 Å². The third kappa shape index (κ3) is 5.22. The van der Waals surface area contributed by atoms with Gasteiger partial charge in [0.2, 0.25) is 0 Å². The number of carbonyl (C=O) groups excluding carboxylic acids is 2. The van der Waals surface area contributed by atoms with Crippen molar-refractivity contribution in [2.45, 2.75) is 19.8 Å². The minimum absolute atomic E-state index is 0.0304. The molecular weight excluding hydrogens is 374 g/mol. The summed E-state index contributed by atoms with van der Waals surface area (Å²) in [5.41, 5.74) is 6.97. The topological polar surface area (TPSA) is 117 Å². The molecule has 3 rings (SSSR count). The maximum absolute atomic E-state index is 12.3. The Balaban J connectivity index is 1.57. The fourth-order valence-electron chi connectivity index (χ4n) is 3.13. The number of nitrogens with zero attached hydrogens (tertiary/aromatic N) is 2. The van der Waals surface area contributed by atoms with E-state index in [2.05, 4.69) is 16.2 Å². The zero-order valence-corrected chi connectivity index (χ0v) is 16.1. The molecule has 1 aliphatic rings. The first-order chi connectivity index (χ1) is 13.9. The first-order valence-electron chi connectivity index (χ1n) is 9.37. The van der Waals surface area contributed by atoms with Crippen LogP contribution in [0.4, 0.5) is 17.1 Å². The van der Waals surface area contributed by atoms with Gasteiger partial charge in [-0.15, -0.1) is 0 Å². The van der Waals surface area contributed by atoms with Crippen LogP contribution in [0.2, 0.25) is 0 Å². The van der Waals surface area contributed by atoms with Crippen LogP contribution in [0.25, 0.3) is 0 Å². The molecule has 9 heteroatoms. The molecule has 0 aromatic heterocycles. The summed E-state index contributed by atoms with van der Waals surface area (Å²) in [4.78, 5) is 37.1. The van der Waals surface area contributed by atoms with E-state index in [9.17, 15) is 19.7 Å². The third-order valence-electron chi connectivity index (χ3n) is 4.70. The lowest BCUT2D eigenvalue weighted by Gasteiger charge is -2.17. The summed E-state index contributed by atoms with van der Waals surface area (Å²) < 4.78 is 0. The van der Waals surface area contributed by atoms with Crippen LogP contribution in [-0.2, 0) is 4.79 Å². The van der Waals surface area contributed by atoms with Gasteiger partial charge in [0, 0.05) is 30.4 Å². The molecule has 1 aliphatic heterocycles. The number of carbonyl (C=O) groups is 2. The quantitative estimate of drug-likeness (QED) is 0.509. The SMILES string of the molecule is Cc1ccc(NCC(=O)NNC(=O)c2ccc(N3CCCC3)c([N+](=O)[O-])c2)cc1. The smallest absolute Gasteiger partial charge is 0.293 e. The van der Waals surface area contributed by atoms with Crippen molar-refractivity contribution in [2.75, 3.05) is 29.9 Å². The number of anilines is 2. The molecule has 29 heavy (non-hydrogen) atoms. The Bertz CT molecular complexity index is 908. The van der Waals surface area contributed by atoms with Crippen LogP contribution in [-0.4, -0.2) is 36.4 Å². The Morgan fingerprint density at radius 2 is 1.76 bits per heavy atom. The summed E-state index contributed by atoms with van der Waals surface area (Å²) in [5, 5.41) is 14.4. The number of benzene rings is 2. The Labute approximate surface area is 168 Å². The molecule has 0 radical (unpaired) electrons. The summed E-state index contributed by atoms with van der Waals surface area (Å²) in [6.07, 6.45) is 1.98. The van der Waals surface area contributed by atoms with Crippen LogP contribution >= 0.6 is 0 Å². The highest BCUT2D eigenvalue weighted by atomic mass is 16.6. The highest BCUT2D eigenvalue weighted by Gasteiger charge is 2.24. The largest absolute Gasteiger partial charge is 0.376 e. The summed E-state index contributed by atoms with van der Waals surface area (Å²) >= 11 is 0. The van der Waals surface area contributed by atoms with Crippen LogP contribution < -0.4 is 21.1 Å². The molecule has 9 nitrogen and oxygen atoms in total. The average Bonchev–Trinajstić information content (AvgIpc) is 3.25. The van der Waals surface area contributed by atoms with E-state index in [1.165, 1.54) is 12.1 Å². The second kappa shape index (κ2) is 9.05. The van der Waals surface area contributed by atoms with Crippen molar-refractivity contribution < 1.29 is 14.5 Å². The Morgan fingerprint density at radius 1 is 1.07 bits per heavy atom. The van der Waals surface area contributed by atoms with Crippen molar-refractivity contribution in [1.29, 1.82) is 0 Å². The monoisotopic (exact) mass is 397 g/mol. The van der Waals surface area contributed by atoms with Crippen LogP contribution in [0.1, 0.15) is 28.8 Å². The highest BCUT2D eigenvalue weighted by Crippen LogP contribution is 2.31. The average molecular weight is 397 g/mol. The summed E-state index contributed by atoms with van der Waals surface area (Å²) in [6.45, 7) is 3.46. The molecule has 2 aromatic carbocycles. The lowest BCUT2D eigenvalue weighted by molar-refractivity contribution is -0.384. The first kappa shape index (κ1) is 20.1. The molecular formula is C20H23N5O4. The molecule has 2 amide bonds. The van der Waals surface area contributed by atoms with E-state index in [0.717, 1.165) is 37.2 Å². The highest BCUT2D eigenvalue weighted by molar-refractivity contribution is 5.97. The molecule has 0 bridgehead atoms. The van der Waals surface area contributed by atoms with E-state index >= 15 is 0 Å². The fraction of sp³-hybridized carbons (Fsp3) is 0.300. The van der Waals surface area contributed by atoms with Crippen molar-refractivity contribution in [3.63, 3.8) is 0 Å². The second-order valence-corrected chi connectivity index (χ2v) is 6.88. The second-order valence-electron chi connectivity index (χ2n) is 6.88. The van der Waals surface area contributed by atoms with Gasteiger partial charge in [0.05, 0.1) is 11.5 Å². The summed E-state index contributed by atoms with van der Waals surface area (Å²) in [6, 6.07) is 11.9. The lowest BCUT2D eigenvalue weighted by atomic mass is 10.1. The van der Waals surface area contributed by atoms with E-state index in [1.54, 1.807) is 6.07 Å². The van der Waals surface area contributed by atoms with Crippen molar-refractivity contribution in [2.24, 2.45) is 0 Å². The molecule has 152 valence electrons. The van der Waals surface area contributed by atoms with E-state index in [4.69, 9.17) is 0 Å². The van der Waals surface area contributed by atoms with Crippen LogP contribution in [0.15, 0.2) is 42.5 Å². The maximum Gasteiger partial charge on any atom is 0.293 e. The Morgan fingerprint density at radius 3 is 2.41 bits per heavy atom. The van der Waals surface area contributed by atoms with Gasteiger partial charge < -0.3 is 10.2 Å². The van der Waals surface area contributed by atoms with Gasteiger partial charge >= 0.3 is 0 Å². The predicted molar refractivity (Wildman–Crippen MR) is 110 cm³/mol. The van der Waals surface area contributed by atoms with E-state index in [1.807, 2.05) is 36.1 Å². The summed E-state index contributed by atoms with van der Waals surface area (Å²) in [5.74, 6) is -1.06. The predicted octanol–water partition coefficient (Wildman–Crippen LogP) is 2.38. The van der Waals surface area contributed by atoms with E-state index in [-0.39, 0.29) is 17.8 Å². The molecule has 0 spiro atoms. The third-order valence-corrected chi connectivity index (χ3v) is 4.70. The standard InChI is InChI=1S/C20H23N5O4/c1-14-4-7-16(8-5-14)21-13-19(26)22-23-20(27)15-6-9-17(18(12-15)25(28)29)24-10-2-3-11-24/h4-9,12,21H,2-3,10-11,13H2,1H3,(H,22,26)(H,23,27). The number of nitro groups is 1. The number of aryl methyl sites for hydroxylation is 1. The molecule has 2 aromatic rings. The minimum atomic E-state index is -0.621. The normalized spacial score (nSPS) is 13.1. The number of hydrazine groups is 1. The lowest BCUT2D eigenvalue weighted by Crippen LogP contribution is -2.44. The molecule has 1 heterocycles. The minimum Gasteiger partial charge on any atom is -0.376 e. The molecule has 0 saturated carbocycles. The van der Waals surface area contributed by atoms with E-state index in [0.29, 0.717) is 5.69 Å². The number of rotatable bonds is 6. The van der Waals surface area contributed by atoms with Gasteiger partial charge in [0.25, 0.3) is 17.5 Å². The zero-order valence-electron chi connectivity index (χ0n) is 16.1. The van der Waals surface area contributed by atoms with Crippen molar-refractivity contribution in [1.82, 2.24) is 10.9 Å². The molecule has 0 aliphatic carbocycles. The van der Waals surface area contributed by atoms with Crippen molar-refractivity contribution in [3.05, 3.63) is 63.7 Å². The van der Waals surface area contributed by atoms with Crippen molar-refractivity contribution in [3.8, 4) is 0 Å². The maximum atomic E-state index is 12.3. The van der Waals surface area contributed by atoms with Crippen LogP contribution in [0.5, 0.6) is 0 Å². The zero-order chi connectivity index (χ0) is 20.8. The molecule has 3 N–H and O–H groups in total. The van der Waals surface area contributed by atoms with Crippen LogP contribution in [0.3, 0.4) is 0 Å². The van der Waals surface area contributed by atoms with E-state index < -0.39 is 16.7 Å². The van der Waals surface area contributed by atoms with Gasteiger partial charge in [-0.25, -0.2) is 0 Å². The molecule has 1 saturated heterocycles. The van der Waals surface area contributed by atoms with Gasteiger partial charge in [-0.2, -0.15) is 0 Å². The van der Waals surface area contributed by atoms with Gasteiger partial charge in [-0.3, -0.25) is 30.6 Å². The molecule has 0 atom stereocenters. The van der Waals surface area contributed by atoms with Crippen molar-refractivity contribution >= 4 is 28.9 Å². The number of hydrogen-bond acceptors (Lipinski definition) is 6. The summed E-state index contributed by atoms with van der Waals surface area (Å²) in [7, 11) is 0. The number of amides is 2. The first-order valence-corrected chi connectivity index (χ1v) is 9.37. The van der Waals surface area contributed by atoms with Crippen LogP contribution in [0, 0.1) is 17.0 Å². The number of hydrogen-bond donors (Lipinski definition) is 3. The Kier molecular flexibility index (Phi) is 6.28. The number of nitrogens with one attached hydrogen (secondary N) is 3. The van der Waals surface area contributed by atoms with Gasteiger partial charge in [0.1, 0.15) is 5.69 Å². The van der Waals surface area contributed by atoms with Gasteiger partial charge in [0.15, 0.2) is 0 Å². The Hall–Kier alpha value is -3.62. The number of nitro benzene ring substituents is 1. The fourth-order valence-corrected chi connectivity index (χ4v) is 3.13. The van der Waals surface area contributed by atoms with Gasteiger partial charge in [-0.05, 0) is 44.0 Å². The molecule has 0 unspecified atom stereocenters. The molecule has 1 fully saturated rings.